The largest absolute Gasteiger partial charge is 0.396 e. The average molecular weight is 276 g/mol. The molecule has 5 nitrogen and oxygen atoms in total. The molecule has 0 aliphatic rings. The minimum atomic E-state index is -3.66. The van der Waals surface area contributed by atoms with Crippen molar-refractivity contribution in [2.24, 2.45) is 5.73 Å². The van der Waals surface area contributed by atoms with E-state index in [1.807, 2.05) is 0 Å². The number of sulfonamides is 1. The van der Waals surface area contributed by atoms with Gasteiger partial charge in [0.05, 0.1) is 4.90 Å². The topological polar surface area (TPSA) is 83.6 Å². The SMILES string of the molecule is CN(CCCO)S(=O)(=O)c1ccc(F)c(CN)c1. The lowest BCUT2D eigenvalue weighted by Crippen LogP contribution is -2.28. The Balaban J connectivity index is 3.05. The van der Waals surface area contributed by atoms with Gasteiger partial charge in [0.25, 0.3) is 0 Å². The Morgan fingerprint density at radius 3 is 2.67 bits per heavy atom. The smallest absolute Gasteiger partial charge is 0.242 e. The van der Waals surface area contributed by atoms with Crippen molar-refractivity contribution in [2.45, 2.75) is 17.9 Å². The number of nitrogens with two attached hydrogens (primary N) is 1. The number of benzene rings is 1. The summed E-state index contributed by atoms with van der Waals surface area (Å²) in [5.74, 6) is -0.519. The van der Waals surface area contributed by atoms with Crippen LogP contribution in [-0.2, 0) is 16.6 Å². The maximum atomic E-state index is 13.2. The van der Waals surface area contributed by atoms with Crippen LogP contribution in [0, 0.1) is 5.82 Å². The fourth-order valence-electron chi connectivity index (χ4n) is 1.46. The third-order valence-corrected chi connectivity index (χ3v) is 4.43. The average Bonchev–Trinajstić information content (AvgIpc) is 2.36. The molecule has 0 aromatic heterocycles. The Morgan fingerprint density at radius 1 is 1.44 bits per heavy atom. The molecule has 0 radical (unpaired) electrons. The third kappa shape index (κ3) is 3.26. The normalized spacial score (nSPS) is 12.1. The molecular formula is C11H17FN2O3S. The molecule has 0 heterocycles. The van der Waals surface area contributed by atoms with E-state index in [-0.39, 0.29) is 30.2 Å². The number of halogens is 1. The summed E-state index contributed by atoms with van der Waals surface area (Å²) in [6.07, 6.45) is 0.348. The van der Waals surface area contributed by atoms with Crippen molar-refractivity contribution in [1.29, 1.82) is 0 Å². The summed E-state index contributed by atoms with van der Waals surface area (Å²) in [7, 11) is -2.25. The number of hydrogen-bond acceptors (Lipinski definition) is 4. The Kier molecular flexibility index (Phi) is 5.21. The lowest BCUT2D eigenvalue weighted by Gasteiger charge is -2.17. The molecule has 0 saturated heterocycles. The van der Waals surface area contributed by atoms with Crippen LogP contribution >= 0.6 is 0 Å². The monoisotopic (exact) mass is 276 g/mol. The van der Waals surface area contributed by atoms with Crippen molar-refractivity contribution in [1.82, 2.24) is 4.31 Å². The molecule has 0 atom stereocenters. The van der Waals surface area contributed by atoms with Gasteiger partial charge in [-0.2, -0.15) is 0 Å². The molecule has 0 aliphatic carbocycles. The highest BCUT2D eigenvalue weighted by atomic mass is 32.2. The molecule has 7 heteroatoms. The number of aliphatic hydroxyl groups is 1. The lowest BCUT2D eigenvalue weighted by atomic mass is 10.2. The molecule has 1 aromatic carbocycles. The van der Waals surface area contributed by atoms with E-state index in [0.717, 1.165) is 10.4 Å². The molecule has 1 aromatic rings. The maximum absolute atomic E-state index is 13.2. The Labute approximate surface area is 106 Å². The van der Waals surface area contributed by atoms with Crippen LogP contribution < -0.4 is 5.73 Å². The summed E-state index contributed by atoms with van der Waals surface area (Å²) in [5.41, 5.74) is 5.50. The zero-order chi connectivity index (χ0) is 13.8. The maximum Gasteiger partial charge on any atom is 0.242 e. The lowest BCUT2D eigenvalue weighted by molar-refractivity contribution is 0.275. The molecule has 0 saturated carbocycles. The van der Waals surface area contributed by atoms with Crippen molar-refractivity contribution < 1.29 is 17.9 Å². The summed E-state index contributed by atoms with van der Waals surface area (Å²) in [5, 5.41) is 8.68. The van der Waals surface area contributed by atoms with Crippen LogP contribution in [0.15, 0.2) is 23.1 Å². The second-order valence-electron chi connectivity index (χ2n) is 3.86. The van der Waals surface area contributed by atoms with Gasteiger partial charge in [-0.05, 0) is 24.6 Å². The van der Waals surface area contributed by atoms with Crippen molar-refractivity contribution in [3.05, 3.63) is 29.6 Å². The molecule has 102 valence electrons. The standard InChI is InChI=1S/C11H17FN2O3S/c1-14(5-2-6-15)18(16,17)10-3-4-11(12)9(7-10)8-13/h3-4,7,15H,2,5-6,8,13H2,1H3. The van der Waals surface area contributed by atoms with Crippen LogP contribution in [0.5, 0.6) is 0 Å². The quantitative estimate of drug-likeness (QED) is 0.782. The van der Waals surface area contributed by atoms with E-state index >= 15 is 0 Å². The molecule has 3 N–H and O–H groups in total. The van der Waals surface area contributed by atoms with Crippen LogP contribution in [0.2, 0.25) is 0 Å². The highest BCUT2D eigenvalue weighted by Crippen LogP contribution is 2.18. The number of rotatable bonds is 6. The highest BCUT2D eigenvalue weighted by Gasteiger charge is 2.21. The second kappa shape index (κ2) is 6.24. The van der Waals surface area contributed by atoms with Crippen LogP contribution in [0.4, 0.5) is 4.39 Å². The van der Waals surface area contributed by atoms with Crippen LogP contribution in [0.1, 0.15) is 12.0 Å². The second-order valence-corrected chi connectivity index (χ2v) is 5.91. The molecule has 0 bridgehead atoms. The number of nitrogens with zero attached hydrogens (tertiary/aromatic N) is 1. The summed E-state index contributed by atoms with van der Waals surface area (Å²) in [6.45, 7) is 0.0566. The van der Waals surface area contributed by atoms with Crippen molar-refractivity contribution in [3.8, 4) is 0 Å². The first-order valence-corrected chi connectivity index (χ1v) is 6.93. The zero-order valence-electron chi connectivity index (χ0n) is 10.1. The van der Waals surface area contributed by atoms with E-state index in [9.17, 15) is 12.8 Å². The summed E-state index contributed by atoms with van der Waals surface area (Å²) < 4.78 is 38.6. The minimum absolute atomic E-state index is 0.00443. The van der Waals surface area contributed by atoms with Gasteiger partial charge in [0.1, 0.15) is 5.82 Å². The van der Waals surface area contributed by atoms with Gasteiger partial charge in [-0.25, -0.2) is 17.1 Å². The molecule has 0 fully saturated rings. The van der Waals surface area contributed by atoms with Gasteiger partial charge < -0.3 is 10.8 Å². The predicted octanol–water partition coefficient (Wildman–Crippen LogP) is 0.287. The van der Waals surface area contributed by atoms with E-state index in [0.29, 0.717) is 6.42 Å². The highest BCUT2D eigenvalue weighted by molar-refractivity contribution is 7.89. The Morgan fingerprint density at radius 2 is 2.11 bits per heavy atom. The van der Waals surface area contributed by atoms with Crippen molar-refractivity contribution in [2.75, 3.05) is 20.2 Å². The van der Waals surface area contributed by atoms with Gasteiger partial charge in [0, 0.05) is 32.3 Å². The van der Waals surface area contributed by atoms with Crippen LogP contribution in [-0.4, -0.2) is 38.0 Å². The first-order valence-electron chi connectivity index (χ1n) is 5.49. The third-order valence-electron chi connectivity index (χ3n) is 2.58. The van der Waals surface area contributed by atoms with E-state index in [1.54, 1.807) is 0 Å². The zero-order valence-corrected chi connectivity index (χ0v) is 11.0. The van der Waals surface area contributed by atoms with Gasteiger partial charge in [-0.15, -0.1) is 0 Å². The molecule has 18 heavy (non-hydrogen) atoms. The minimum Gasteiger partial charge on any atom is -0.396 e. The Hall–Kier alpha value is -1.02. The first kappa shape index (κ1) is 15.0. The first-order chi connectivity index (χ1) is 8.43. The van der Waals surface area contributed by atoms with Crippen LogP contribution in [0.3, 0.4) is 0 Å². The predicted molar refractivity (Wildman–Crippen MR) is 65.8 cm³/mol. The van der Waals surface area contributed by atoms with Crippen molar-refractivity contribution in [3.63, 3.8) is 0 Å². The summed E-state index contributed by atoms with van der Waals surface area (Å²) >= 11 is 0. The summed E-state index contributed by atoms with van der Waals surface area (Å²) in [6, 6.07) is 3.54. The molecule has 0 aliphatic heterocycles. The molecule has 0 spiro atoms. The van der Waals surface area contributed by atoms with Gasteiger partial charge >= 0.3 is 0 Å². The van der Waals surface area contributed by atoms with Crippen molar-refractivity contribution >= 4 is 10.0 Å². The van der Waals surface area contributed by atoms with Crippen LogP contribution in [0.25, 0.3) is 0 Å². The Bertz CT molecular complexity index is 505. The number of aliphatic hydroxyl groups excluding tert-OH is 1. The molecular weight excluding hydrogens is 259 g/mol. The molecule has 0 amide bonds. The van der Waals surface area contributed by atoms with Gasteiger partial charge in [-0.3, -0.25) is 0 Å². The van der Waals surface area contributed by atoms with Gasteiger partial charge in [0.2, 0.25) is 10.0 Å². The van der Waals surface area contributed by atoms with E-state index < -0.39 is 15.8 Å². The number of hydrogen-bond donors (Lipinski definition) is 2. The van der Waals surface area contributed by atoms with E-state index in [1.165, 1.54) is 19.2 Å². The van der Waals surface area contributed by atoms with E-state index in [2.05, 4.69) is 0 Å². The van der Waals surface area contributed by atoms with Gasteiger partial charge in [0.15, 0.2) is 0 Å². The fraction of sp³-hybridized carbons (Fsp3) is 0.455. The van der Waals surface area contributed by atoms with E-state index in [4.69, 9.17) is 10.8 Å². The molecule has 0 unspecified atom stereocenters. The summed E-state index contributed by atoms with van der Waals surface area (Å²) in [4.78, 5) is 0.00443. The van der Waals surface area contributed by atoms with Gasteiger partial charge in [-0.1, -0.05) is 0 Å². The fourth-order valence-corrected chi connectivity index (χ4v) is 2.72. The molecule has 1 rings (SSSR count).